The van der Waals surface area contributed by atoms with E-state index in [9.17, 15) is 0 Å². The average molecular weight is 495 g/mol. The Hall–Kier alpha value is -5.10. The maximum atomic E-state index is 5.02. The molecular formula is C32H26N6. The summed E-state index contributed by atoms with van der Waals surface area (Å²) in [5.41, 5.74) is 8.54. The van der Waals surface area contributed by atoms with Gasteiger partial charge in [-0.15, -0.1) is 0 Å². The first-order valence-corrected chi connectivity index (χ1v) is 12.4. The summed E-state index contributed by atoms with van der Waals surface area (Å²) in [7, 11) is 0. The van der Waals surface area contributed by atoms with Gasteiger partial charge >= 0.3 is 0 Å². The lowest BCUT2D eigenvalue weighted by molar-refractivity contribution is 1.05. The van der Waals surface area contributed by atoms with Gasteiger partial charge < -0.3 is 0 Å². The lowest BCUT2D eigenvalue weighted by Gasteiger charge is -2.15. The first-order valence-electron chi connectivity index (χ1n) is 12.4. The Bertz CT molecular complexity index is 1810. The molecule has 0 aliphatic heterocycles. The number of aliphatic imine (C=N–C) groups is 1. The van der Waals surface area contributed by atoms with Crippen molar-refractivity contribution in [3.8, 4) is 34.2 Å². The molecule has 3 aromatic carbocycles. The summed E-state index contributed by atoms with van der Waals surface area (Å²) in [5, 5.41) is 0. The normalized spacial score (nSPS) is 11.1. The van der Waals surface area contributed by atoms with Crippen LogP contribution in [0, 0.1) is 13.8 Å². The summed E-state index contributed by atoms with van der Waals surface area (Å²) in [4.78, 5) is 18.9. The average Bonchev–Trinajstić information content (AvgIpc) is 3.53. The highest BCUT2D eigenvalue weighted by Gasteiger charge is 2.22. The van der Waals surface area contributed by atoms with Crippen LogP contribution in [-0.4, -0.2) is 30.8 Å². The second-order valence-corrected chi connectivity index (χ2v) is 9.11. The Morgan fingerprint density at radius 2 is 1.32 bits per heavy atom. The lowest BCUT2D eigenvalue weighted by atomic mass is 9.98. The summed E-state index contributed by atoms with van der Waals surface area (Å²) in [6.07, 6.45) is 3.53. The molecule has 0 spiro atoms. The minimum Gasteiger partial charge on any atom is -0.277 e. The predicted molar refractivity (Wildman–Crippen MR) is 156 cm³/mol. The molecule has 6 rings (SSSR count). The number of nitrogens with zero attached hydrogens (tertiary/aromatic N) is 6. The second kappa shape index (κ2) is 9.41. The van der Waals surface area contributed by atoms with Crippen molar-refractivity contribution in [3.63, 3.8) is 0 Å². The van der Waals surface area contributed by atoms with Gasteiger partial charge in [0.1, 0.15) is 22.9 Å². The number of hydrogen-bond acceptors (Lipinski definition) is 4. The molecule has 0 unspecified atom stereocenters. The number of aromatic nitrogens is 5. The summed E-state index contributed by atoms with van der Waals surface area (Å²) < 4.78 is 4.16. The molecule has 0 aliphatic rings. The summed E-state index contributed by atoms with van der Waals surface area (Å²) in [5.74, 6) is 2.31. The number of hydrogen-bond donors (Lipinski definition) is 0. The van der Waals surface area contributed by atoms with Crippen LogP contribution in [0.15, 0.2) is 103 Å². The maximum Gasteiger partial charge on any atom is 0.164 e. The quantitative estimate of drug-likeness (QED) is 0.225. The van der Waals surface area contributed by atoms with E-state index >= 15 is 0 Å². The van der Waals surface area contributed by atoms with Crippen molar-refractivity contribution in [2.24, 2.45) is 4.99 Å². The third-order valence-corrected chi connectivity index (χ3v) is 6.72. The fourth-order valence-corrected chi connectivity index (χ4v) is 4.93. The van der Waals surface area contributed by atoms with E-state index in [0.29, 0.717) is 11.5 Å². The molecule has 6 nitrogen and oxygen atoms in total. The molecule has 0 fully saturated rings. The first-order chi connectivity index (χ1) is 18.6. The van der Waals surface area contributed by atoms with Gasteiger partial charge in [-0.25, -0.2) is 19.9 Å². The predicted octanol–water partition coefficient (Wildman–Crippen LogP) is 7.53. The van der Waals surface area contributed by atoms with Gasteiger partial charge in [-0.05, 0) is 86.3 Å². The van der Waals surface area contributed by atoms with E-state index in [1.54, 1.807) is 12.3 Å². The fourth-order valence-electron chi connectivity index (χ4n) is 4.93. The Morgan fingerprint density at radius 3 is 1.89 bits per heavy atom. The SMILES string of the molecule is C=Cc1nc(-c2cc(C)c(-c3nc4cccnc4n3-c3ccccc3)cc2C)n(-c2ccccc2)c1N=C. The molecule has 38 heavy (non-hydrogen) atoms. The fraction of sp³-hybridized carbons (Fsp3) is 0.0625. The van der Waals surface area contributed by atoms with Gasteiger partial charge in [0.05, 0.1) is 0 Å². The monoisotopic (exact) mass is 494 g/mol. The van der Waals surface area contributed by atoms with Crippen LogP contribution in [0.4, 0.5) is 5.82 Å². The van der Waals surface area contributed by atoms with Gasteiger partial charge in [0.25, 0.3) is 0 Å². The van der Waals surface area contributed by atoms with Crippen molar-refractivity contribution in [2.45, 2.75) is 13.8 Å². The van der Waals surface area contributed by atoms with Gasteiger partial charge in [-0.3, -0.25) is 9.13 Å². The van der Waals surface area contributed by atoms with Crippen molar-refractivity contribution in [1.82, 2.24) is 24.1 Å². The molecule has 184 valence electrons. The van der Waals surface area contributed by atoms with Gasteiger partial charge in [0.15, 0.2) is 11.5 Å². The molecule has 3 heterocycles. The number of rotatable bonds is 6. The smallest absolute Gasteiger partial charge is 0.164 e. The molecule has 0 saturated carbocycles. The van der Waals surface area contributed by atoms with Crippen LogP contribution in [-0.2, 0) is 0 Å². The second-order valence-electron chi connectivity index (χ2n) is 9.11. The van der Waals surface area contributed by atoms with Crippen LogP contribution in [0.1, 0.15) is 16.8 Å². The highest BCUT2D eigenvalue weighted by atomic mass is 15.2. The third-order valence-electron chi connectivity index (χ3n) is 6.72. The van der Waals surface area contributed by atoms with Crippen molar-refractivity contribution < 1.29 is 0 Å². The molecule has 6 aromatic rings. The largest absolute Gasteiger partial charge is 0.277 e. The van der Waals surface area contributed by atoms with Gasteiger partial charge in [-0.2, -0.15) is 0 Å². The number of para-hydroxylation sites is 2. The Balaban J connectivity index is 1.58. The maximum absolute atomic E-state index is 5.02. The van der Waals surface area contributed by atoms with E-state index in [1.807, 2.05) is 65.2 Å². The number of pyridine rings is 1. The van der Waals surface area contributed by atoms with E-state index < -0.39 is 0 Å². The Kier molecular flexibility index (Phi) is 5.77. The van der Waals surface area contributed by atoms with E-state index in [-0.39, 0.29) is 0 Å². The molecular weight excluding hydrogens is 468 g/mol. The molecule has 6 heteroatoms. The topological polar surface area (TPSA) is 60.9 Å². The van der Waals surface area contributed by atoms with Gasteiger partial charge in [-0.1, -0.05) is 43.0 Å². The molecule has 0 bridgehead atoms. The molecule has 0 amide bonds. The zero-order chi connectivity index (χ0) is 26.2. The molecule has 0 atom stereocenters. The third kappa shape index (κ3) is 3.74. The zero-order valence-corrected chi connectivity index (χ0v) is 21.3. The Morgan fingerprint density at radius 1 is 0.737 bits per heavy atom. The van der Waals surface area contributed by atoms with E-state index in [4.69, 9.17) is 9.97 Å². The molecule has 0 radical (unpaired) electrons. The first kappa shape index (κ1) is 23.3. The summed E-state index contributed by atoms with van der Waals surface area (Å²) in [6, 6.07) is 28.6. The van der Waals surface area contributed by atoms with Gasteiger partial charge in [0, 0.05) is 28.7 Å². The minimum absolute atomic E-state index is 0.666. The molecule has 3 aromatic heterocycles. The van der Waals surface area contributed by atoms with E-state index in [2.05, 4.69) is 66.0 Å². The van der Waals surface area contributed by atoms with Crippen molar-refractivity contribution >= 4 is 29.8 Å². The summed E-state index contributed by atoms with van der Waals surface area (Å²) >= 11 is 0. The van der Waals surface area contributed by atoms with Crippen LogP contribution in [0.3, 0.4) is 0 Å². The van der Waals surface area contributed by atoms with Crippen molar-refractivity contribution in [2.75, 3.05) is 0 Å². The van der Waals surface area contributed by atoms with Crippen molar-refractivity contribution in [1.29, 1.82) is 0 Å². The number of aryl methyl sites for hydroxylation is 2. The molecule has 0 N–H and O–H groups in total. The van der Waals surface area contributed by atoms with Crippen molar-refractivity contribution in [3.05, 3.63) is 115 Å². The van der Waals surface area contributed by atoms with E-state index in [0.717, 1.165) is 56.4 Å². The number of imidazole rings is 2. The Labute approximate surface area is 221 Å². The number of benzene rings is 3. The van der Waals surface area contributed by atoms with E-state index in [1.165, 1.54) is 0 Å². The van der Waals surface area contributed by atoms with Crippen LogP contribution in [0.25, 0.3) is 51.4 Å². The van der Waals surface area contributed by atoms with Gasteiger partial charge in [0.2, 0.25) is 0 Å². The zero-order valence-electron chi connectivity index (χ0n) is 21.3. The van der Waals surface area contributed by atoms with Crippen LogP contribution >= 0.6 is 0 Å². The summed E-state index contributed by atoms with van der Waals surface area (Å²) in [6.45, 7) is 12.0. The molecule has 0 saturated heterocycles. The molecule has 0 aliphatic carbocycles. The van der Waals surface area contributed by atoms with Crippen LogP contribution < -0.4 is 0 Å². The number of fused-ring (bicyclic) bond motifs is 1. The highest BCUT2D eigenvalue weighted by molar-refractivity contribution is 5.83. The van der Waals surface area contributed by atoms with Crippen LogP contribution in [0.2, 0.25) is 0 Å². The standard InChI is InChI=1S/C32H26N6/c1-5-27-31(33-4)37(23-13-8-6-9-14-23)29(35-27)25-19-22(3)26(20-21(25)2)30-36-28-17-12-18-34-32(28)38(30)24-15-10-7-11-16-24/h5-20H,1,4H2,2-3H3. The lowest BCUT2D eigenvalue weighted by Crippen LogP contribution is -2.02. The van der Waals surface area contributed by atoms with Crippen LogP contribution in [0.5, 0.6) is 0 Å². The highest BCUT2D eigenvalue weighted by Crippen LogP contribution is 2.37. The minimum atomic E-state index is 0.666.